The summed E-state index contributed by atoms with van der Waals surface area (Å²) in [6.07, 6.45) is 86.8. The van der Waals surface area contributed by atoms with Gasteiger partial charge in [0.15, 0.2) is 6.10 Å². The molecule has 0 spiro atoms. The summed E-state index contributed by atoms with van der Waals surface area (Å²) in [4.78, 5) is 38.4. The Morgan fingerprint density at radius 3 is 0.772 bits per heavy atom. The highest BCUT2D eigenvalue weighted by Crippen LogP contribution is 2.18. The molecule has 0 amide bonds. The van der Waals surface area contributed by atoms with Gasteiger partial charge in [0.05, 0.1) is 0 Å². The molecule has 0 aromatic rings. The molecule has 0 radical (unpaired) electrons. The van der Waals surface area contributed by atoms with Crippen molar-refractivity contribution in [2.45, 2.75) is 374 Å². The van der Waals surface area contributed by atoms with Gasteiger partial charge in [0.2, 0.25) is 0 Å². The fourth-order valence-electron chi connectivity index (χ4n) is 10.4. The Labute approximate surface area is 491 Å². The number of carbonyl (C=O) groups excluding carboxylic acids is 3. The Bertz CT molecular complexity index is 1410. The molecule has 0 aliphatic heterocycles. The Morgan fingerprint density at radius 1 is 0.266 bits per heavy atom. The molecular weight excluding hydrogens is 973 g/mol. The van der Waals surface area contributed by atoms with Crippen molar-refractivity contribution in [2.75, 3.05) is 13.2 Å². The highest BCUT2D eigenvalue weighted by atomic mass is 16.6. The monoisotopic (exact) mass is 1110 g/mol. The van der Waals surface area contributed by atoms with Crippen LogP contribution < -0.4 is 0 Å². The molecule has 0 heterocycles. The molecule has 79 heavy (non-hydrogen) atoms. The number of esters is 3. The maximum absolute atomic E-state index is 12.9. The number of carbonyl (C=O) groups is 3. The van der Waals surface area contributed by atoms with Crippen molar-refractivity contribution >= 4 is 17.9 Å². The van der Waals surface area contributed by atoms with Gasteiger partial charge >= 0.3 is 17.9 Å². The summed E-state index contributed by atoms with van der Waals surface area (Å²) in [5, 5.41) is 0. The molecule has 0 saturated heterocycles. The van der Waals surface area contributed by atoms with E-state index in [-0.39, 0.29) is 31.1 Å². The molecule has 1 atom stereocenters. The van der Waals surface area contributed by atoms with Crippen LogP contribution in [0.25, 0.3) is 0 Å². The average Bonchev–Trinajstić information content (AvgIpc) is 3.45. The van der Waals surface area contributed by atoms with Crippen LogP contribution in [0.5, 0.6) is 0 Å². The van der Waals surface area contributed by atoms with E-state index in [4.69, 9.17) is 14.2 Å². The highest BCUT2D eigenvalue weighted by Gasteiger charge is 2.19. The first-order chi connectivity index (χ1) is 39.0. The summed E-state index contributed by atoms with van der Waals surface area (Å²) in [6, 6.07) is 0. The number of unbranched alkanes of at least 4 members (excludes halogenated alkanes) is 43. The molecule has 0 aliphatic carbocycles. The second kappa shape index (κ2) is 67.6. The zero-order chi connectivity index (χ0) is 57.1. The minimum Gasteiger partial charge on any atom is -0.462 e. The lowest BCUT2D eigenvalue weighted by molar-refractivity contribution is -0.167. The first kappa shape index (κ1) is 76.1. The van der Waals surface area contributed by atoms with Crippen molar-refractivity contribution in [3.8, 4) is 0 Å². The fourth-order valence-corrected chi connectivity index (χ4v) is 10.4. The second-order valence-electron chi connectivity index (χ2n) is 23.4. The molecule has 0 N–H and O–H groups in total. The number of hydrogen-bond donors (Lipinski definition) is 0. The molecule has 6 nitrogen and oxygen atoms in total. The fraction of sp³-hybridized carbons (Fsp3) is 0.822. The molecule has 0 bridgehead atoms. The van der Waals surface area contributed by atoms with E-state index in [0.717, 1.165) is 109 Å². The summed E-state index contributed by atoms with van der Waals surface area (Å²) in [5.41, 5.74) is 0. The van der Waals surface area contributed by atoms with Crippen molar-refractivity contribution in [3.63, 3.8) is 0 Å². The number of rotatable bonds is 64. The third-order valence-electron chi connectivity index (χ3n) is 15.5. The van der Waals surface area contributed by atoms with E-state index in [1.807, 2.05) is 0 Å². The van der Waals surface area contributed by atoms with Crippen molar-refractivity contribution in [3.05, 3.63) is 60.8 Å². The Morgan fingerprint density at radius 2 is 0.494 bits per heavy atom. The van der Waals surface area contributed by atoms with Crippen LogP contribution in [0.3, 0.4) is 0 Å². The average molecular weight is 1110 g/mol. The summed E-state index contributed by atoms with van der Waals surface area (Å²) in [5.74, 6) is -0.872. The molecule has 1 unspecified atom stereocenters. The SMILES string of the molecule is CC/C=C\C/C=C\C/C=C\C/C=C\C/C=C\CCCCCCCC(=O)OC(COC(=O)CCCCCCCCCCCCCCCC)COC(=O)CCCCCCCCCCCCCCCCCCCCCCCCCCCC. The topological polar surface area (TPSA) is 78.9 Å². The predicted octanol–water partition coefficient (Wildman–Crippen LogP) is 23.9. The van der Waals surface area contributed by atoms with Crippen LogP contribution in [0.4, 0.5) is 0 Å². The van der Waals surface area contributed by atoms with Gasteiger partial charge in [-0.3, -0.25) is 14.4 Å². The molecular formula is C73H132O6. The van der Waals surface area contributed by atoms with Gasteiger partial charge in [-0.25, -0.2) is 0 Å². The molecule has 0 fully saturated rings. The van der Waals surface area contributed by atoms with Gasteiger partial charge in [-0.2, -0.15) is 0 Å². The van der Waals surface area contributed by atoms with E-state index >= 15 is 0 Å². The van der Waals surface area contributed by atoms with Gasteiger partial charge in [0, 0.05) is 19.3 Å². The van der Waals surface area contributed by atoms with Gasteiger partial charge in [-0.1, -0.05) is 345 Å². The molecule has 0 aromatic heterocycles. The van der Waals surface area contributed by atoms with Crippen LogP contribution in [0.15, 0.2) is 60.8 Å². The summed E-state index contributed by atoms with van der Waals surface area (Å²) in [7, 11) is 0. The minimum atomic E-state index is -0.783. The van der Waals surface area contributed by atoms with E-state index < -0.39 is 6.10 Å². The zero-order valence-corrected chi connectivity index (χ0v) is 52.9. The van der Waals surface area contributed by atoms with E-state index in [1.54, 1.807) is 0 Å². The van der Waals surface area contributed by atoms with Crippen LogP contribution in [0, 0.1) is 0 Å². The standard InChI is InChI=1S/C73H132O6/c1-4-7-10-13-16-19-22-25-28-30-32-34-35-36-37-38-40-41-43-45-48-51-54-57-60-63-66-72(75)78-69-70(68-77-71(74)65-62-59-56-53-50-47-27-24-21-18-15-12-9-6-3)79-73(76)67-64-61-58-55-52-49-46-44-42-39-33-31-29-26-23-20-17-14-11-8-5-2/h8,11,17,20,26,29,33,39,44,46,70H,4-7,9-10,12-16,18-19,21-25,27-28,30-32,34-38,40-43,45,47-69H2,1-3H3/b11-8-,20-17-,29-26-,39-33-,46-44-. The first-order valence-corrected chi connectivity index (χ1v) is 34.8. The van der Waals surface area contributed by atoms with Crippen molar-refractivity contribution in [2.24, 2.45) is 0 Å². The van der Waals surface area contributed by atoms with E-state index in [9.17, 15) is 14.4 Å². The Kier molecular flexibility index (Phi) is 65.1. The van der Waals surface area contributed by atoms with E-state index in [0.29, 0.717) is 19.3 Å². The quantitative estimate of drug-likeness (QED) is 0.0261. The lowest BCUT2D eigenvalue weighted by Crippen LogP contribution is -2.30. The first-order valence-electron chi connectivity index (χ1n) is 34.8. The van der Waals surface area contributed by atoms with Gasteiger partial charge < -0.3 is 14.2 Å². The van der Waals surface area contributed by atoms with Gasteiger partial charge in [0.1, 0.15) is 13.2 Å². The number of hydrogen-bond acceptors (Lipinski definition) is 6. The molecule has 0 saturated carbocycles. The third-order valence-corrected chi connectivity index (χ3v) is 15.5. The largest absolute Gasteiger partial charge is 0.462 e. The molecule has 460 valence electrons. The zero-order valence-electron chi connectivity index (χ0n) is 52.9. The summed E-state index contributed by atoms with van der Waals surface area (Å²) < 4.78 is 17.0. The molecule has 0 rings (SSSR count). The maximum atomic E-state index is 12.9. The lowest BCUT2D eigenvalue weighted by Gasteiger charge is -2.18. The second-order valence-corrected chi connectivity index (χ2v) is 23.4. The van der Waals surface area contributed by atoms with E-state index in [1.165, 1.54) is 218 Å². The van der Waals surface area contributed by atoms with Gasteiger partial charge in [0.25, 0.3) is 0 Å². The molecule has 0 aliphatic rings. The van der Waals surface area contributed by atoms with Crippen LogP contribution in [0.2, 0.25) is 0 Å². The van der Waals surface area contributed by atoms with Crippen LogP contribution >= 0.6 is 0 Å². The molecule has 6 heteroatoms. The third kappa shape index (κ3) is 65.8. The highest BCUT2D eigenvalue weighted by molar-refractivity contribution is 5.71. The maximum Gasteiger partial charge on any atom is 0.306 e. The van der Waals surface area contributed by atoms with Crippen molar-refractivity contribution in [1.82, 2.24) is 0 Å². The Hall–Kier alpha value is -2.89. The Balaban J connectivity index is 4.28. The summed E-state index contributed by atoms with van der Waals surface area (Å²) >= 11 is 0. The van der Waals surface area contributed by atoms with Gasteiger partial charge in [-0.15, -0.1) is 0 Å². The normalized spacial score (nSPS) is 12.4. The minimum absolute atomic E-state index is 0.0774. The van der Waals surface area contributed by atoms with Crippen LogP contribution in [-0.2, 0) is 28.6 Å². The van der Waals surface area contributed by atoms with Crippen LogP contribution in [0.1, 0.15) is 367 Å². The molecule has 0 aromatic carbocycles. The number of allylic oxidation sites excluding steroid dienone is 10. The van der Waals surface area contributed by atoms with E-state index in [2.05, 4.69) is 81.5 Å². The lowest BCUT2D eigenvalue weighted by atomic mass is 10.0. The van der Waals surface area contributed by atoms with Crippen molar-refractivity contribution < 1.29 is 28.6 Å². The summed E-state index contributed by atoms with van der Waals surface area (Å²) in [6.45, 7) is 6.58. The van der Waals surface area contributed by atoms with Gasteiger partial charge in [-0.05, 0) is 64.2 Å². The smallest absolute Gasteiger partial charge is 0.306 e. The van der Waals surface area contributed by atoms with Crippen LogP contribution in [-0.4, -0.2) is 37.2 Å². The van der Waals surface area contributed by atoms with Crippen molar-refractivity contribution in [1.29, 1.82) is 0 Å². The number of ether oxygens (including phenoxy) is 3. The predicted molar refractivity (Wildman–Crippen MR) is 344 cm³/mol.